The number of aliphatic hydroxyl groups is 1. The van der Waals surface area contributed by atoms with Crippen LogP contribution in [0.1, 0.15) is 85.5 Å². The van der Waals surface area contributed by atoms with Crippen LogP contribution in [0.2, 0.25) is 0 Å². The zero-order valence-electron chi connectivity index (χ0n) is 19.1. The summed E-state index contributed by atoms with van der Waals surface area (Å²) < 4.78 is 5.09. The van der Waals surface area contributed by atoms with Crippen molar-refractivity contribution in [1.82, 2.24) is 0 Å². The first-order chi connectivity index (χ1) is 14.2. The van der Waals surface area contributed by atoms with Crippen LogP contribution in [0.4, 0.5) is 0 Å². The highest BCUT2D eigenvalue weighted by atomic mass is 16.5. The normalized spacial score (nSPS) is 47.4. The van der Waals surface area contributed by atoms with Gasteiger partial charge in [0.1, 0.15) is 11.4 Å². The summed E-state index contributed by atoms with van der Waals surface area (Å²) in [6.07, 6.45) is 8.03. The number of rotatable bonds is 2. The molecule has 0 heterocycles. The summed E-state index contributed by atoms with van der Waals surface area (Å²) in [6, 6.07) is 0. The molecule has 4 rings (SSSR count). The number of carbonyl (C=O) groups excluding carboxylic acids is 2. The summed E-state index contributed by atoms with van der Waals surface area (Å²) in [6.45, 7) is 8.84. The first-order valence-electron chi connectivity index (χ1n) is 12.1. The summed E-state index contributed by atoms with van der Waals surface area (Å²) in [7, 11) is 0. The van der Waals surface area contributed by atoms with Crippen molar-refractivity contribution in [3.05, 3.63) is 0 Å². The number of carbonyl (C=O) groups is 2. The Balaban J connectivity index is 1.55. The molecule has 0 aromatic heterocycles. The van der Waals surface area contributed by atoms with E-state index in [1.807, 2.05) is 0 Å². The summed E-state index contributed by atoms with van der Waals surface area (Å²) in [5.74, 6) is 9.03. The average molecular weight is 415 g/mol. The molecule has 0 radical (unpaired) electrons. The summed E-state index contributed by atoms with van der Waals surface area (Å²) >= 11 is 0. The lowest BCUT2D eigenvalue weighted by Crippen LogP contribution is -2.58. The van der Waals surface area contributed by atoms with Crippen molar-refractivity contribution in [2.45, 2.75) is 91.1 Å². The molecule has 1 N–H and O–H groups in total. The van der Waals surface area contributed by atoms with Gasteiger partial charge in [-0.05, 0) is 73.5 Å². The molecule has 30 heavy (non-hydrogen) atoms. The second-order valence-electron chi connectivity index (χ2n) is 11.0. The molecule has 4 saturated carbocycles. The largest absolute Gasteiger partial charge is 0.452 e. The van der Waals surface area contributed by atoms with Crippen LogP contribution in [0.3, 0.4) is 0 Å². The maximum Gasteiger partial charge on any atom is 0.306 e. The van der Waals surface area contributed by atoms with Crippen LogP contribution < -0.4 is 0 Å². The molecule has 4 aliphatic carbocycles. The standard InChI is InChI=1S/C26H38O4/c1-5-23(28)30-14-6-11-26(29)13-10-21-20-8-7-18-16-19(27)15-17(2)25(18,4)22(20)9-12-24(21,26)3/h17-18,20-22,29H,5,7-10,12-16H2,1-4H3/t17?,18?,20-,21-,22+,24-,25-,26?/m0/s1. The SMILES string of the molecule is CCC(=O)OCC#CC1(O)CC[C@H]2[C@@H]3CCC4CC(=O)CC(C)[C@]4(C)[C@@H]3CC[C@@]21C. The van der Waals surface area contributed by atoms with Crippen molar-refractivity contribution in [1.29, 1.82) is 0 Å². The Hall–Kier alpha value is -1.34. The van der Waals surface area contributed by atoms with Gasteiger partial charge in [0, 0.05) is 24.7 Å². The average Bonchev–Trinajstić information content (AvgIpc) is 2.97. The van der Waals surface area contributed by atoms with Gasteiger partial charge < -0.3 is 9.84 Å². The second-order valence-corrected chi connectivity index (χ2v) is 11.0. The predicted octanol–water partition coefficient (Wildman–Crippen LogP) is 4.53. The Morgan fingerprint density at radius 3 is 2.60 bits per heavy atom. The van der Waals surface area contributed by atoms with E-state index in [2.05, 4.69) is 32.6 Å². The third-order valence-corrected chi connectivity index (χ3v) is 10.1. The predicted molar refractivity (Wildman–Crippen MR) is 115 cm³/mol. The van der Waals surface area contributed by atoms with Crippen LogP contribution in [-0.2, 0) is 14.3 Å². The van der Waals surface area contributed by atoms with Gasteiger partial charge in [-0.1, -0.05) is 39.5 Å². The van der Waals surface area contributed by atoms with E-state index < -0.39 is 5.60 Å². The molecule has 0 aromatic carbocycles. The van der Waals surface area contributed by atoms with Crippen molar-refractivity contribution in [3.63, 3.8) is 0 Å². The first kappa shape index (κ1) is 21.9. The maximum atomic E-state index is 12.3. The summed E-state index contributed by atoms with van der Waals surface area (Å²) in [5, 5.41) is 11.6. The van der Waals surface area contributed by atoms with Crippen molar-refractivity contribution in [3.8, 4) is 11.8 Å². The first-order valence-corrected chi connectivity index (χ1v) is 12.1. The highest BCUT2D eigenvalue weighted by Crippen LogP contribution is 2.68. The molecular formula is C26H38O4. The maximum absolute atomic E-state index is 12.3. The highest BCUT2D eigenvalue weighted by molar-refractivity contribution is 5.80. The lowest BCUT2D eigenvalue weighted by atomic mass is 9.42. The molecule has 0 spiro atoms. The Kier molecular flexibility index (Phi) is 5.59. The van der Waals surface area contributed by atoms with E-state index in [4.69, 9.17) is 4.74 Å². The molecule has 0 amide bonds. The number of ether oxygens (including phenoxy) is 1. The van der Waals surface area contributed by atoms with E-state index in [1.165, 1.54) is 6.42 Å². The number of ketones is 1. The van der Waals surface area contributed by atoms with Gasteiger partial charge in [-0.25, -0.2) is 0 Å². The fraction of sp³-hybridized carbons (Fsp3) is 0.846. The quantitative estimate of drug-likeness (QED) is 0.533. The molecule has 4 nitrogen and oxygen atoms in total. The molecule has 0 saturated heterocycles. The van der Waals surface area contributed by atoms with Crippen LogP contribution in [0, 0.1) is 52.3 Å². The molecular weight excluding hydrogens is 376 g/mol. The van der Waals surface area contributed by atoms with Crippen molar-refractivity contribution in [2.24, 2.45) is 40.4 Å². The Bertz CT molecular complexity index is 778. The van der Waals surface area contributed by atoms with Crippen LogP contribution >= 0.6 is 0 Å². The van der Waals surface area contributed by atoms with E-state index in [1.54, 1.807) is 6.92 Å². The summed E-state index contributed by atoms with van der Waals surface area (Å²) in [4.78, 5) is 23.6. The van der Waals surface area contributed by atoms with Crippen LogP contribution in [0.5, 0.6) is 0 Å². The van der Waals surface area contributed by atoms with E-state index >= 15 is 0 Å². The minimum Gasteiger partial charge on any atom is -0.452 e. The fourth-order valence-electron chi connectivity index (χ4n) is 8.10. The smallest absolute Gasteiger partial charge is 0.306 e. The molecule has 3 unspecified atom stereocenters. The second kappa shape index (κ2) is 7.66. The molecule has 0 bridgehead atoms. The van der Waals surface area contributed by atoms with Gasteiger partial charge in [-0.3, -0.25) is 9.59 Å². The minimum absolute atomic E-state index is 0.0626. The number of fused-ring (bicyclic) bond motifs is 5. The highest BCUT2D eigenvalue weighted by Gasteiger charge is 2.65. The Morgan fingerprint density at radius 2 is 1.87 bits per heavy atom. The third kappa shape index (κ3) is 3.15. The van der Waals surface area contributed by atoms with E-state index in [0.29, 0.717) is 48.2 Å². The van der Waals surface area contributed by atoms with Gasteiger partial charge in [-0.15, -0.1) is 0 Å². The van der Waals surface area contributed by atoms with Gasteiger partial charge in [0.2, 0.25) is 0 Å². The molecule has 8 atom stereocenters. The minimum atomic E-state index is -0.993. The van der Waals surface area contributed by atoms with Gasteiger partial charge in [0.25, 0.3) is 0 Å². The lowest BCUT2D eigenvalue weighted by molar-refractivity contribution is -0.160. The summed E-state index contributed by atoms with van der Waals surface area (Å²) in [5.41, 5.74) is -0.946. The van der Waals surface area contributed by atoms with E-state index in [-0.39, 0.29) is 23.4 Å². The van der Waals surface area contributed by atoms with Gasteiger partial charge >= 0.3 is 5.97 Å². The molecule has 4 fully saturated rings. The van der Waals surface area contributed by atoms with E-state index in [9.17, 15) is 14.7 Å². The Morgan fingerprint density at radius 1 is 1.13 bits per heavy atom. The number of Topliss-reactive ketones (excluding diaryl/α,β-unsaturated/α-hetero) is 1. The van der Waals surface area contributed by atoms with Gasteiger partial charge in [-0.2, -0.15) is 0 Å². The van der Waals surface area contributed by atoms with Crippen molar-refractivity contribution < 1.29 is 19.4 Å². The number of hydrogen-bond donors (Lipinski definition) is 1. The van der Waals surface area contributed by atoms with Crippen molar-refractivity contribution >= 4 is 11.8 Å². The molecule has 166 valence electrons. The van der Waals surface area contributed by atoms with Crippen LogP contribution in [-0.4, -0.2) is 29.1 Å². The Labute approximate surface area is 181 Å². The fourth-order valence-corrected chi connectivity index (χ4v) is 8.10. The van der Waals surface area contributed by atoms with Gasteiger partial charge in [0.05, 0.1) is 0 Å². The molecule has 0 aliphatic heterocycles. The molecule has 4 aliphatic rings. The number of esters is 1. The zero-order valence-corrected chi connectivity index (χ0v) is 19.1. The third-order valence-electron chi connectivity index (χ3n) is 10.1. The van der Waals surface area contributed by atoms with Crippen LogP contribution in [0.15, 0.2) is 0 Å². The topological polar surface area (TPSA) is 63.6 Å². The number of hydrogen-bond acceptors (Lipinski definition) is 4. The van der Waals surface area contributed by atoms with Crippen molar-refractivity contribution in [2.75, 3.05) is 6.61 Å². The van der Waals surface area contributed by atoms with E-state index in [0.717, 1.165) is 38.5 Å². The molecule has 4 heteroatoms. The van der Waals surface area contributed by atoms with Crippen LogP contribution in [0.25, 0.3) is 0 Å². The monoisotopic (exact) mass is 414 g/mol. The molecule has 0 aromatic rings. The zero-order chi connectivity index (χ0) is 21.7. The van der Waals surface area contributed by atoms with Gasteiger partial charge in [0.15, 0.2) is 6.61 Å². The lowest BCUT2D eigenvalue weighted by Gasteiger charge is -2.62.